The Labute approximate surface area is 149 Å². The third-order valence-corrected chi connectivity index (χ3v) is 4.59. The van der Waals surface area contributed by atoms with Crippen LogP contribution in [0.2, 0.25) is 0 Å². The van der Waals surface area contributed by atoms with Gasteiger partial charge in [-0.3, -0.25) is 9.48 Å². The molecule has 124 valence electrons. The number of nitrogens with zero attached hydrogens (tertiary/aromatic N) is 3. The first-order chi connectivity index (χ1) is 11.4. The molecule has 2 aromatic heterocycles. The SMILES string of the molecule is Cc1cc(C(=O)NC(C)c2ccc(Br)cc2)c2c(C)nn(C)c2n1. The second-order valence-corrected chi connectivity index (χ2v) is 6.88. The molecule has 24 heavy (non-hydrogen) atoms. The van der Waals surface area contributed by atoms with E-state index in [9.17, 15) is 4.79 Å². The largest absolute Gasteiger partial charge is 0.345 e. The summed E-state index contributed by atoms with van der Waals surface area (Å²) in [6.45, 7) is 5.76. The Morgan fingerprint density at radius 1 is 1.25 bits per heavy atom. The lowest BCUT2D eigenvalue weighted by atomic mass is 10.1. The number of amides is 1. The monoisotopic (exact) mass is 386 g/mol. The number of nitrogens with one attached hydrogen (secondary N) is 1. The Morgan fingerprint density at radius 3 is 2.58 bits per heavy atom. The summed E-state index contributed by atoms with van der Waals surface area (Å²) in [6.07, 6.45) is 0. The summed E-state index contributed by atoms with van der Waals surface area (Å²) in [7, 11) is 1.84. The summed E-state index contributed by atoms with van der Waals surface area (Å²) < 4.78 is 2.73. The maximum absolute atomic E-state index is 12.8. The van der Waals surface area contributed by atoms with Crippen molar-refractivity contribution in [3.8, 4) is 0 Å². The van der Waals surface area contributed by atoms with Crippen LogP contribution in [0.15, 0.2) is 34.8 Å². The third-order valence-electron chi connectivity index (χ3n) is 4.06. The topological polar surface area (TPSA) is 59.8 Å². The minimum absolute atomic E-state index is 0.0916. The Morgan fingerprint density at radius 2 is 1.92 bits per heavy atom. The molecule has 0 saturated heterocycles. The zero-order valence-electron chi connectivity index (χ0n) is 14.1. The molecule has 0 spiro atoms. The Bertz CT molecular complexity index is 915. The first kappa shape index (κ1) is 16.6. The molecule has 5 nitrogen and oxygen atoms in total. The van der Waals surface area contributed by atoms with Crippen LogP contribution in [0, 0.1) is 13.8 Å². The number of carbonyl (C=O) groups is 1. The van der Waals surface area contributed by atoms with Gasteiger partial charge in [0.05, 0.1) is 22.7 Å². The van der Waals surface area contributed by atoms with Crippen molar-refractivity contribution in [3.05, 3.63) is 57.3 Å². The summed E-state index contributed by atoms with van der Waals surface area (Å²) in [5, 5.41) is 8.27. The number of halogens is 1. The molecule has 0 aliphatic carbocycles. The highest BCUT2D eigenvalue weighted by Gasteiger charge is 2.19. The van der Waals surface area contributed by atoms with Crippen molar-refractivity contribution >= 4 is 32.9 Å². The van der Waals surface area contributed by atoms with E-state index in [1.165, 1.54) is 0 Å². The van der Waals surface area contributed by atoms with Gasteiger partial charge < -0.3 is 5.32 Å². The van der Waals surface area contributed by atoms with Gasteiger partial charge in [0, 0.05) is 17.2 Å². The molecular weight excluding hydrogens is 368 g/mol. The van der Waals surface area contributed by atoms with Gasteiger partial charge in [0.2, 0.25) is 0 Å². The molecule has 0 aliphatic heterocycles. The lowest BCUT2D eigenvalue weighted by Crippen LogP contribution is -2.27. The number of benzene rings is 1. The van der Waals surface area contributed by atoms with Crippen molar-refractivity contribution < 1.29 is 4.79 Å². The fourth-order valence-corrected chi connectivity index (χ4v) is 3.12. The molecule has 3 rings (SSSR count). The molecule has 3 aromatic rings. The average Bonchev–Trinajstić information content (AvgIpc) is 2.81. The zero-order chi connectivity index (χ0) is 17.4. The minimum Gasteiger partial charge on any atom is -0.345 e. The molecule has 1 N–H and O–H groups in total. The van der Waals surface area contributed by atoms with Crippen LogP contribution in [0.1, 0.15) is 40.3 Å². The van der Waals surface area contributed by atoms with Crippen LogP contribution < -0.4 is 5.32 Å². The molecule has 0 fully saturated rings. The normalized spacial score (nSPS) is 12.4. The number of aryl methyl sites for hydroxylation is 3. The van der Waals surface area contributed by atoms with E-state index in [1.807, 2.05) is 58.2 Å². The first-order valence-electron chi connectivity index (χ1n) is 7.74. The molecule has 1 unspecified atom stereocenters. The van der Waals surface area contributed by atoms with Crippen LogP contribution in [0.3, 0.4) is 0 Å². The van der Waals surface area contributed by atoms with E-state index in [4.69, 9.17) is 0 Å². The predicted molar refractivity (Wildman–Crippen MR) is 98.0 cm³/mol. The molecule has 0 radical (unpaired) electrons. The minimum atomic E-state index is -0.114. The van der Waals surface area contributed by atoms with Gasteiger partial charge >= 0.3 is 0 Å². The molecule has 0 saturated carbocycles. The summed E-state index contributed by atoms with van der Waals surface area (Å²) in [5.74, 6) is -0.114. The quantitative estimate of drug-likeness (QED) is 0.743. The number of hydrogen-bond acceptors (Lipinski definition) is 3. The number of hydrogen-bond donors (Lipinski definition) is 1. The van der Waals surface area contributed by atoms with E-state index >= 15 is 0 Å². The van der Waals surface area contributed by atoms with Crippen molar-refractivity contribution in [2.75, 3.05) is 0 Å². The van der Waals surface area contributed by atoms with Gasteiger partial charge in [-0.2, -0.15) is 5.10 Å². The van der Waals surface area contributed by atoms with Crippen LogP contribution in [-0.4, -0.2) is 20.7 Å². The summed E-state index contributed by atoms with van der Waals surface area (Å²) in [5.41, 5.74) is 4.01. The maximum atomic E-state index is 12.8. The van der Waals surface area contributed by atoms with E-state index in [0.717, 1.165) is 32.5 Å². The summed E-state index contributed by atoms with van der Waals surface area (Å²) in [4.78, 5) is 17.3. The summed E-state index contributed by atoms with van der Waals surface area (Å²) in [6, 6.07) is 9.66. The highest BCUT2D eigenvalue weighted by atomic mass is 79.9. The zero-order valence-corrected chi connectivity index (χ0v) is 15.7. The second-order valence-electron chi connectivity index (χ2n) is 5.97. The Hall–Kier alpha value is -2.21. The van der Waals surface area contributed by atoms with Crippen LogP contribution in [0.5, 0.6) is 0 Å². The number of carbonyl (C=O) groups excluding carboxylic acids is 1. The fraction of sp³-hybridized carbons (Fsp3) is 0.278. The van der Waals surface area contributed by atoms with E-state index in [0.29, 0.717) is 5.56 Å². The van der Waals surface area contributed by atoms with Gasteiger partial charge in [0.25, 0.3) is 5.91 Å². The van der Waals surface area contributed by atoms with Crippen LogP contribution in [-0.2, 0) is 7.05 Å². The highest BCUT2D eigenvalue weighted by molar-refractivity contribution is 9.10. The van der Waals surface area contributed by atoms with E-state index < -0.39 is 0 Å². The number of aromatic nitrogens is 3. The third kappa shape index (κ3) is 3.06. The molecule has 1 aromatic carbocycles. The molecule has 6 heteroatoms. The smallest absolute Gasteiger partial charge is 0.252 e. The number of fused-ring (bicyclic) bond motifs is 1. The van der Waals surface area contributed by atoms with Crippen molar-refractivity contribution in [2.45, 2.75) is 26.8 Å². The van der Waals surface area contributed by atoms with Gasteiger partial charge in [-0.1, -0.05) is 28.1 Å². The molecule has 0 aliphatic rings. The molecule has 0 bridgehead atoms. The second kappa shape index (κ2) is 6.36. The predicted octanol–water partition coefficient (Wildman–Crippen LogP) is 3.84. The number of pyridine rings is 1. The molecular formula is C18H19BrN4O. The summed E-state index contributed by atoms with van der Waals surface area (Å²) >= 11 is 3.42. The lowest BCUT2D eigenvalue weighted by Gasteiger charge is -2.15. The Balaban J connectivity index is 1.95. The number of rotatable bonds is 3. The standard InChI is InChI=1S/C18H19BrN4O/c1-10-9-15(16-12(3)22-23(4)17(16)20-10)18(24)21-11(2)13-5-7-14(19)8-6-13/h5-9,11H,1-4H3,(H,21,24). The van der Waals surface area contributed by atoms with E-state index in [1.54, 1.807) is 4.68 Å². The van der Waals surface area contributed by atoms with Crippen molar-refractivity contribution in [2.24, 2.45) is 7.05 Å². The van der Waals surface area contributed by atoms with Crippen molar-refractivity contribution in [1.82, 2.24) is 20.1 Å². The Kier molecular flexibility index (Phi) is 4.41. The first-order valence-corrected chi connectivity index (χ1v) is 8.53. The van der Waals surface area contributed by atoms with Gasteiger partial charge in [0.1, 0.15) is 0 Å². The molecule has 2 heterocycles. The van der Waals surface area contributed by atoms with Crippen LogP contribution >= 0.6 is 15.9 Å². The van der Waals surface area contributed by atoms with Gasteiger partial charge in [-0.15, -0.1) is 0 Å². The van der Waals surface area contributed by atoms with Crippen LogP contribution in [0.25, 0.3) is 11.0 Å². The van der Waals surface area contributed by atoms with Crippen molar-refractivity contribution in [3.63, 3.8) is 0 Å². The van der Waals surface area contributed by atoms with Gasteiger partial charge in [0.15, 0.2) is 5.65 Å². The van der Waals surface area contributed by atoms with Crippen LogP contribution in [0.4, 0.5) is 0 Å². The van der Waals surface area contributed by atoms with Crippen molar-refractivity contribution in [1.29, 1.82) is 0 Å². The van der Waals surface area contributed by atoms with E-state index in [-0.39, 0.29) is 11.9 Å². The average molecular weight is 387 g/mol. The van der Waals surface area contributed by atoms with E-state index in [2.05, 4.69) is 31.3 Å². The lowest BCUT2D eigenvalue weighted by molar-refractivity contribution is 0.0941. The fourth-order valence-electron chi connectivity index (χ4n) is 2.86. The van der Waals surface area contributed by atoms with Gasteiger partial charge in [-0.25, -0.2) is 4.98 Å². The van der Waals surface area contributed by atoms with Gasteiger partial charge in [-0.05, 0) is 44.5 Å². The molecule has 1 amide bonds. The maximum Gasteiger partial charge on any atom is 0.252 e. The highest BCUT2D eigenvalue weighted by Crippen LogP contribution is 2.23. The molecule has 1 atom stereocenters.